The topological polar surface area (TPSA) is 44.5 Å². The van der Waals surface area contributed by atoms with Crippen molar-refractivity contribution in [1.82, 2.24) is 0 Å². The second kappa shape index (κ2) is 4.04. The van der Waals surface area contributed by atoms with E-state index in [9.17, 15) is 0 Å². The molecule has 0 aromatic heterocycles. The first-order chi connectivity index (χ1) is 5.24. The molecule has 1 heterocycles. The Labute approximate surface area is 67.9 Å². The molecule has 66 valence electrons. The van der Waals surface area contributed by atoms with Crippen LogP contribution < -0.4 is 5.73 Å². The second-order valence-corrected chi connectivity index (χ2v) is 3.31. The summed E-state index contributed by atoms with van der Waals surface area (Å²) in [6, 6.07) is 0. The highest BCUT2D eigenvalue weighted by molar-refractivity contribution is 4.70. The van der Waals surface area contributed by atoms with Gasteiger partial charge in [-0.15, -0.1) is 0 Å². The van der Waals surface area contributed by atoms with E-state index < -0.39 is 0 Å². The summed E-state index contributed by atoms with van der Waals surface area (Å²) in [5, 5.41) is 0. The number of hydrogen-bond acceptors (Lipinski definition) is 3. The number of rotatable bonds is 4. The molecule has 1 saturated heterocycles. The molecular weight excluding hydrogens is 142 g/mol. The Bertz CT molecular complexity index is 113. The highest BCUT2D eigenvalue weighted by atomic mass is 16.6. The Hall–Kier alpha value is -0.120. The lowest BCUT2D eigenvalue weighted by molar-refractivity contribution is -0.160. The van der Waals surface area contributed by atoms with E-state index >= 15 is 0 Å². The summed E-state index contributed by atoms with van der Waals surface area (Å²) in [4.78, 5) is 0. The maximum atomic E-state index is 5.65. The molecule has 2 N–H and O–H groups in total. The summed E-state index contributed by atoms with van der Waals surface area (Å²) in [7, 11) is 0. The van der Waals surface area contributed by atoms with Crippen LogP contribution in [0.3, 0.4) is 0 Å². The normalized spacial score (nSPS) is 21.8. The molecule has 1 aliphatic rings. The van der Waals surface area contributed by atoms with Crippen molar-refractivity contribution in [2.45, 2.75) is 26.1 Å². The lowest BCUT2D eigenvalue weighted by Crippen LogP contribution is -2.42. The first-order valence-corrected chi connectivity index (χ1v) is 4.17. The van der Waals surface area contributed by atoms with Gasteiger partial charge in [-0.05, 0) is 5.92 Å². The fourth-order valence-corrected chi connectivity index (χ4v) is 1.02. The lowest BCUT2D eigenvalue weighted by atomic mass is 10.1. The molecule has 1 rings (SSSR count). The summed E-state index contributed by atoms with van der Waals surface area (Å²) < 4.78 is 10.6. The summed E-state index contributed by atoms with van der Waals surface area (Å²) >= 11 is 0. The van der Waals surface area contributed by atoms with Crippen molar-refractivity contribution in [3.63, 3.8) is 0 Å². The predicted molar refractivity (Wildman–Crippen MR) is 43.4 cm³/mol. The van der Waals surface area contributed by atoms with Gasteiger partial charge in [0.05, 0.1) is 19.3 Å². The fourth-order valence-electron chi connectivity index (χ4n) is 1.02. The highest BCUT2D eigenvalue weighted by Gasteiger charge is 2.24. The van der Waals surface area contributed by atoms with Crippen LogP contribution in [0.1, 0.15) is 13.8 Å². The average molecular weight is 159 g/mol. The first kappa shape index (κ1) is 8.97. The molecule has 1 aliphatic heterocycles. The largest absolute Gasteiger partial charge is 0.376 e. The zero-order valence-corrected chi connectivity index (χ0v) is 7.25. The van der Waals surface area contributed by atoms with Crippen LogP contribution in [0, 0.1) is 5.92 Å². The number of nitrogens with two attached hydrogens (primary N) is 1. The molecule has 3 nitrogen and oxygen atoms in total. The monoisotopic (exact) mass is 159 g/mol. The molecule has 0 amide bonds. The van der Waals surface area contributed by atoms with Crippen LogP contribution in [0.15, 0.2) is 0 Å². The van der Waals surface area contributed by atoms with Gasteiger partial charge in [0.25, 0.3) is 0 Å². The molecule has 11 heavy (non-hydrogen) atoms. The standard InChI is InChI=1S/C8H17NO2/c1-6(2)8(3-9)11-7-4-10-5-7/h6-8H,3-5,9H2,1-2H3. The zero-order chi connectivity index (χ0) is 8.27. The maximum Gasteiger partial charge on any atom is 0.105 e. The van der Waals surface area contributed by atoms with Gasteiger partial charge in [0.15, 0.2) is 0 Å². The van der Waals surface area contributed by atoms with E-state index in [1.54, 1.807) is 0 Å². The Morgan fingerprint density at radius 1 is 1.55 bits per heavy atom. The van der Waals surface area contributed by atoms with Gasteiger partial charge in [-0.1, -0.05) is 13.8 Å². The van der Waals surface area contributed by atoms with E-state index in [0.717, 1.165) is 13.2 Å². The number of hydrogen-bond donors (Lipinski definition) is 1. The highest BCUT2D eigenvalue weighted by Crippen LogP contribution is 2.13. The Balaban J connectivity index is 2.19. The molecule has 0 aromatic carbocycles. The van der Waals surface area contributed by atoms with Gasteiger partial charge in [0.2, 0.25) is 0 Å². The van der Waals surface area contributed by atoms with Gasteiger partial charge in [0.1, 0.15) is 6.10 Å². The molecule has 1 fully saturated rings. The molecule has 0 saturated carbocycles. The molecule has 0 bridgehead atoms. The Morgan fingerprint density at radius 3 is 2.45 bits per heavy atom. The SMILES string of the molecule is CC(C)C(CN)OC1COC1. The van der Waals surface area contributed by atoms with Crippen LogP contribution >= 0.6 is 0 Å². The summed E-state index contributed by atoms with van der Waals surface area (Å²) in [5.41, 5.74) is 5.53. The van der Waals surface area contributed by atoms with E-state index in [1.165, 1.54) is 0 Å². The average Bonchev–Trinajstić information content (AvgIpc) is 1.85. The molecular formula is C8H17NO2. The second-order valence-electron chi connectivity index (χ2n) is 3.31. The van der Waals surface area contributed by atoms with Crippen LogP contribution in [-0.4, -0.2) is 32.0 Å². The third kappa shape index (κ3) is 2.43. The van der Waals surface area contributed by atoms with E-state index in [-0.39, 0.29) is 6.10 Å². The van der Waals surface area contributed by atoms with Gasteiger partial charge in [-0.2, -0.15) is 0 Å². The number of ether oxygens (including phenoxy) is 2. The van der Waals surface area contributed by atoms with E-state index in [2.05, 4.69) is 13.8 Å². The molecule has 3 heteroatoms. The minimum Gasteiger partial charge on any atom is -0.376 e. The van der Waals surface area contributed by atoms with Crippen molar-refractivity contribution in [1.29, 1.82) is 0 Å². The van der Waals surface area contributed by atoms with E-state index in [4.69, 9.17) is 15.2 Å². The third-order valence-corrected chi connectivity index (χ3v) is 1.95. The van der Waals surface area contributed by atoms with Gasteiger partial charge in [-0.25, -0.2) is 0 Å². The molecule has 1 unspecified atom stereocenters. The van der Waals surface area contributed by atoms with E-state index in [1.807, 2.05) is 0 Å². The van der Waals surface area contributed by atoms with Gasteiger partial charge in [-0.3, -0.25) is 0 Å². The Kier molecular flexibility index (Phi) is 3.30. The van der Waals surface area contributed by atoms with Gasteiger partial charge in [0, 0.05) is 6.54 Å². The molecule has 0 radical (unpaired) electrons. The predicted octanol–water partition coefficient (Wildman–Crippen LogP) is 0.385. The third-order valence-electron chi connectivity index (χ3n) is 1.95. The van der Waals surface area contributed by atoms with Crippen molar-refractivity contribution in [2.24, 2.45) is 11.7 Å². The quantitative estimate of drug-likeness (QED) is 0.645. The van der Waals surface area contributed by atoms with E-state index in [0.29, 0.717) is 18.6 Å². The molecule has 0 spiro atoms. The molecule has 0 aliphatic carbocycles. The van der Waals surface area contributed by atoms with Gasteiger partial charge < -0.3 is 15.2 Å². The van der Waals surface area contributed by atoms with Crippen molar-refractivity contribution in [3.8, 4) is 0 Å². The minimum absolute atomic E-state index is 0.198. The zero-order valence-electron chi connectivity index (χ0n) is 7.25. The minimum atomic E-state index is 0.198. The van der Waals surface area contributed by atoms with Crippen LogP contribution in [0.25, 0.3) is 0 Å². The molecule has 1 atom stereocenters. The fraction of sp³-hybridized carbons (Fsp3) is 1.00. The van der Waals surface area contributed by atoms with Crippen LogP contribution in [0.5, 0.6) is 0 Å². The molecule has 0 aromatic rings. The van der Waals surface area contributed by atoms with Crippen molar-refractivity contribution >= 4 is 0 Å². The van der Waals surface area contributed by atoms with Crippen LogP contribution in [0.4, 0.5) is 0 Å². The summed E-state index contributed by atoms with van der Waals surface area (Å²) in [6.07, 6.45) is 0.495. The summed E-state index contributed by atoms with van der Waals surface area (Å²) in [5.74, 6) is 0.501. The van der Waals surface area contributed by atoms with Crippen molar-refractivity contribution in [2.75, 3.05) is 19.8 Å². The Morgan fingerprint density at radius 2 is 2.18 bits per heavy atom. The van der Waals surface area contributed by atoms with Gasteiger partial charge >= 0.3 is 0 Å². The maximum absolute atomic E-state index is 5.65. The van der Waals surface area contributed by atoms with Crippen LogP contribution in [-0.2, 0) is 9.47 Å². The van der Waals surface area contributed by atoms with Crippen molar-refractivity contribution in [3.05, 3.63) is 0 Å². The smallest absolute Gasteiger partial charge is 0.105 e. The lowest BCUT2D eigenvalue weighted by Gasteiger charge is -2.31. The van der Waals surface area contributed by atoms with Crippen molar-refractivity contribution < 1.29 is 9.47 Å². The van der Waals surface area contributed by atoms with Crippen LogP contribution in [0.2, 0.25) is 0 Å². The summed E-state index contributed by atoms with van der Waals surface area (Å²) in [6.45, 7) is 6.33. The first-order valence-electron chi connectivity index (χ1n) is 4.17.